The van der Waals surface area contributed by atoms with Gasteiger partial charge in [0.2, 0.25) is 6.04 Å². The lowest BCUT2D eigenvalue weighted by Crippen LogP contribution is -2.44. The van der Waals surface area contributed by atoms with Gasteiger partial charge in [-0.2, -0.15) is 4.57 Å². The highest BCUT2D eigenvalue weighted by atomic mass is 35.5. The van der Waals surface area contributed by atoms with Gasteiger partial charge in [-0.25, -0.2) is 0 Å². The first-order chi connectivity index (χ1) is 11.0. The average molecular weight is 346 g/mol. The summed E-state index contributed by atoms with van der Waals surface area (Å²) < 4.78 is 1.88. The molecule has 0 fully saturated rings. The van der Waals surface area contributed by atoms with Crippen molar-refractivity contribution in [3.8, 4) is 0 Å². The number of aromatic nitrogens is 1. The summed E-state index contributed by atoms with van der Waals surface area (Å²) in [5.74, 6) is -0.136. The van der Waals surface area contributed by atoms with Crippen molar-refractivity contribution in [3.05, 3.63) is 71.0 Å². The van der Waals surface area contributed by atoms with Crippen molar-refractivity contribution in [2.75, 3.05) is 5.32 Å². The van der Waals surface area contributed by atoms with Gasteiger partial charge in [-0.1, -0.05) is 41.4 Å². The molecule has 23 heavy (non-hydrogen) atoms. The van der Waals surface area contributed by atoms with Crippen LogP contribution in [0.2, 0.25) is 10.0 Å². The van der Waals surface area contributed by atoms with Gasteiger partial charge in [0.25, 0.3) is 5.91 Å². The molecule has 3 nitrogen and oxygen atoms in total. The summed E-state index contributed by atoms with van der Waals surface area (Å²) in [5.41, 5.74) is 0.584. The SMILES string of the molecule is C[C@@H](C(=O)Nc1cc(Cl)cc(Cl)c1)[n+]1ccc2ccccc2c1. The van der Waals surface area contributed by atoms with E-state index in [0.29, 0.717) is 15.7 Å². The lowest BCUT2D eigenvalue weighted by atomic mass is 10.1. The molecule has 0 aliphatic heterocycles. The van der Waals surface area contributed by atoms with Crippen molar-refractivity contribution in [1.29, 1.82) is 0 Å². The monoisotopic (exact) mass is 345 g/mol. The molecule has 0 spiro atoms. The van der Waals surface area contributed by atoms with Crippen LogP contribution in [0.1, 0.15) is 13.0 Å². The van der Waals surface area contributed by atoms with Gasteiger partial charge in [0, 0.05) is 34.1 Å². The van der Waals surface area contributed by atoms with E-state index >= 15 is 0 Å². The van der Waals surface area contributed by atoms with Crippen molar-refractivity contribution < 1.29 is 9.36 Å². The van der Waals surface area contributed by atoms with Crippen LogP contribution in [0, 0.1) is 0 Å². The van der Waals surface area contributed by atoms with Gasteiger partial charge < -0.3 is 5.32 Å². The Balaban J connectivity index is 1.83. The fraction of sp³-hybridized carbons (Fsp3) is 0.111. The second-order valence-corrected chi connectivity index (χ2v) is 6.22. The first-order valence-electron chi connectivity index (χ1n) is 7.19. The molecular weight excluding hydrogens is 331 g/mol. The second kappa shape index (κ2) is 6.57. The van der Waals surface area contributed by atoms with Crippen molar-refractivity contribution in [3.63, 3.8) is 0 Å². The Morgan fingerprint density at radius 1 is 1.04 bits per heavy atom. The van der Waals surface area contributed by atoms with Crippen molar-refractivity contribution in [1.82, 2.24) is 0 Å². The minimum atomic E-state index is -0.364. The molecule has 0 aliphatic carbocycles. The third-order valence-corrected chi connectivity index (χ3v) is 4.10. The van der Waals surface area contributed by atoms with Crippen LogP contribution in [0.3, 0.4) is 0 Å². The van der Waals surface area contributed by atoms with Gasteiger partial charge >= 0.3 is 0 Å². The van der Waals surface area contributed by atoms with Crippen LogP contribution in [0.25, 0.3) is 10.8 Å². The number of benzene rings is 2. The number of carbonyl (C=O) groups excluding carboxylic acids is 1. The van der Waals surface area contributed by atoms with E-state index < -0.39 is 0 Å². The summed E-state index contributed by atoms with van der Waals surface area (Å²) >= 11 is 11.9. The summed E-state index contributed by atoms with van der Waals surface area (Å²) in [6, 6.07) is 14.6. The first kappa shape index (κ1) is 15.8. The second-order valence-electron chi connectivity index (χ2n) is 5.34. The van der Waals surface area contributed by atoms with E-state index in [4.69, 9.17) is 23.2 Å². The molecule has 1 heterocycles. The van der Waals surface area contributed by atoms with Crippen molar-refractivity contribution in [2.45, 2.75) is 13.0 Å². The van der Waals surface area contributed by atoms with E-state index in [1.54, 1.807) is 18.2 Å². The summed E-state index contributed by atoms with van der Waals surface area (Å²) in [7, 11) is 0. The molecule has 1 N–H and O–H groups in total. The number of amides is 1. The summed E-state index contributed by atoms with van der Waals surface area (Å²) in [6.45, 7) is 1.84. The topological polar surface area (TPSA) is 33.0 Å². The largest absolute Gasteiger partial charge is 0.320 e. The zero-order valence-corrected chi connectivity index (χ0v) is 14.0. The molecule has 0 aliphatic rings. The van der Waals surface area contributed by atoms with E-state index in [9.17, 15) is 4.79 Å². The molecule has 1 amide bonds. The van der Waals surface area contributed by atoms with Crippen LogP contribution in [0.5, 0.6) is 0 Å². The standard InChI is InChI=1S/C18H14Cl2N2O/c1-12(18(23)21-17-9-15(19)8-16(20)10-17)22-7-6-13-4-2-3-5-14(13)11-22/h2-12H,1H3/p+1/t12-/m0/s1. The molecule has 0 radical (unpaired) electrons. The Morgan fingerprint density at radius 3 is 2.39 bits per heavy atom. The molecule has 0 unspecified atom stereocenters. The normalized spacial score (nSPS) is 12.1. The Kier molecular flexibility index (Phi) is 4.51. The molecule has 0 saturated heterocycles. The van der Waals surface area contributed by atoms with Gasteiger partial charge in [-0.3, -0.25) is 4.79 Å². The number of nitrogens with one attached hydrogen (secondary N) is 1. The van der Waals surface area contributed by atoms with Crippen molar-refractivity contribution >= 4 is 45.6 Å². The Bertz CT molecular complexity index is 860. The number of pyridine rings is 1. The zero-order valence-electron chi connectivity index (χ0n) is 12.5. The number of hydrogen-bond acceptors (Lipinski definition) is 1. The fourth-order valence-corrected chi connectivity index (χ4v) is 2.93. The summed E-state index contributed by atoms with van der Waals surface area (Å²) in [5, 5.41) is 6.03. The Hall–Kier alpha value is -2.10. The van der Waals surface area contributed by atoms with E-state index in [0.717, 1.165) is 10.8 Å². The highest BCUT2D eigenvalue weighted by Gasteiger charge is 2.22. The molecule has 1 atom stereocenters. The average Bonchev–Trinajstić information content (AvgIpc) is 2.52. The minimum Gasteiger partial charge on any atom is -0.320 e. The van der Waals surface area contributed by atoms with Crippen LogP contribution in [0.15, 0.2) is 60.9 Å². The number of rotatable bonds is 3. The van der Waals surface area contributed by atoms with E-state index in [1.807, 2.05) is 54.2 Å². The first-order valence-corrected chi connectivity index (χ1v) is 7.95. The highest BCUT2D eigenvalue weighted by molar-refractivity contribution is 6.35. The maximum Gasteiger partial charge on any atom is 0.293 e. The lowest BCUT2D eigenvalue weighted by Gasteiger charge is -2.10. The minimum absolute atomic E-state index is 0.136. The summed E-state index contributed by atoms with van der Waals surface area (Å²) in [6.07, 6.45) is 3.86. The third kappa shape index (κ3) is 3.63. The third-order valence-electron chi connectivity index (χ3n) is 3.67. The van der Waals surface area contributed by atoms with Gasteiger partial charge in [-0.05, 0) is 29.7 Å². The number of carbonyl (C=O) groups is 1. The van der Waals surface area contributed by atoms with E-state index in [1.165, 1.54) is 0 Å². The molecule has 0 bridgehead atoms. The summed E-state index contributed by atoms with van der Waals surface area (Å²) in [4.78, 5) is 12.5. The number of hydrogen-bond donors (Lipinski definition) is 1. The van der Waals surface area contributed by atoms with Crippen LogP contribution >= 0.6 is 23.2 Å². The molecular formula is C18H15Cl2N2O+. The maximum absolute atomic E-state index is 12.5. The molecule has 116 valence electrons. The van der Waals surface area contributed by atoms with Crippen LogP contribution < -0.4 is 9.88 Å². The van der Waals surface area contributed by atoms with Crippen LogP contribution in [-0.2, 0) is 4.79 Å². The molecule has 2 aromatic carbocycles. The molecule has 1 aromatic heterocycles. The molecule has 3 rings (SSSR count). The van der Waals surface area contributed by atoms with Gasteiger partial charge in [-0.15, -0.1) is 0 Å². The fourth-order valence-electron chi connectivity index (χ4n) is 2.40. The van der Waals surface area contributed by atoms with Crippen LogP contribution in [0.4, 0.5) is 5.69 Å². The maximum atomic E-state index is 12.5. The van der Waals surface area contributed by atoms with Crippen LogP contribution in [-0.4, -0.2) is 5.91 Å². The van der Waals surface area contributed by atoms with Gasteiger partial charge in [0.15, 0.2) is 12.4 Å². The van der Waals surface area contributed by atoms with Gasteiger partial charge in [0.1, 0.15) is 0 Å². The predicted molar refractivity (Wildman–Crippen MR) is 93.9 cm³/mol. The zero-order chi connectivity index (χ0) is 16.4. The quantitative estimate of drug-likeness (QED) is 0.689. The molecule has 5 heteroatoms. The number of anilines is 1. The number of nitrogens with zero attached hydrogens (tertiary/aromatic N) is 1. The van der Waals surface area contributed by atoms with E-state index in [2.05, 4.69) is 5.32 Å². The Labute approximate surface area is 144 Å². The van der Waals surface area contributed by atoms with Gasteiger partial charge in [0.05, 0.1) is 0 Å². The van der Waals surface area contributed by atoms with Crippen molar-refractivity contribution in [2.24, 2.45) is 0 Å². The lowest BCUT2D eigenvalue weighted by molar-refractivity contribution is -0.704. The van der Waals surface area contributed by atoms with E-state index in [-0.39, 0.29) is 11.9 Å². The molecule has 0 saturated carbocycles. The predicted octanol–water partition coefficient (Wildman–Crippen LogP) is 4.63. The smallest absolute Gasteiger partial charge is 0.293 e. The Morgan fingerprint density at radius 2 is 1.70 bits per heavy atom. The number of halogens is 2. The highest BCUT2D eigenvalue weighted by Crippen LogP contribution is 2.23. The molecule has 3 aromatic rings. The number of fused-ring (bicyclic) bond motifs is 1.